The van der Waals surface area contributed by atoms with Crippen molar-refractivity contribution in [1.29, 1.82) is 0 Å². The third-order valence-corrected chi connectivity index (χ3v) is 5.51. The molecule has 1 saturated carbocycles. The van der Waals surface area contributed by atoms with Gasteiger partial charge >= 0.3 is 0 Å². The standard InChI is InChI=1S/C19H29N3O2/c1-21(2)15-10-12-22(13-11-15)16-8-6-14(7-9-16)20-19(24)17-4-3-5-18(17)23/h6-9,15,17-18,23H,3-5,10-13H2,1-2H3,(H,20,24). The highest BCUT2D eigenvalue weighted by Gasteiger charge is 2.31. The van der Waals surface area contributed by atoms with Gasteiger partial charge in [-0.2, -0.15) is 0 Å². The highest BCUT2D eigenvalue weighted by atomic mass is 16.3. The number of carbonyl (C=O) groups excluding carboxylic acids is 1. The molecule has 2 aliphatic rings. The average Bonchev–Trinajstić information content (AvgIpc) is 3.02. The number of nitrogens with one attached hydrogen (secondary N) is 1. The maximum absolute atomic E-state index is 12.2. The molecule has 2 atom stereocenters. The molecule has 0 bridgehead atoms. The van der Waals surface area contributed by atoms with Gasteiger partial charge in [-0.25, -0.2) is 0 Å². The van der Waals surface area contributed by atoms with E-state index in [-0.39, 0.29) is 11.8 Å². The van der Waals surface area contributed by atoms with Gasteiger partial charge in [-0.15, -0.1) is 0 Å². The zero-order valence-corrected chi connectivity index (χ0v) is 14.7. The molecule has 5 heteroatoms. The Balaban J connectivity index is 1.55. The fourth-order valence-electron chi connectivity index (χ4n) is 3.88. The van der Waals surface area contributed by atoms with Crippen molar-refractivity contribution in [2.75, 3.05) is 37.4 Å². The van der Waals surface area contributed by atoms with Gasteiger partial charge < -0.3 is 20.2 Å². The van der Waals surface area contributed by atoms with E-state index in [1.807, 2.05) is 12.1 Å². The van der Waals surface area contributed by atoms with Crippen LogP contribution in [-0.4, -0.2) is 55.2 Å². The Morgan fingerprint density at radius 2 is 1.79 bits per heavy atom. The first-order valence-corrected chi connectivity index (χ1v) is 9.05. The van der Waals surface area contributed by atoms with Crippen LogP contribution in [0.5, 0.6) is 0 Å². The Labute approximate surface area is 144 Å². The molecule has 5 nitrogen and oxygen atoms in total. The summed E-state index contributed by atoms with van der Waals surface area (Å²) in [6.45, 7) is 2.14. The molecule has 0 aromatic heterocycles. The van der Waals surface area contributed by atoms with Gasteiger partial charge in [0.1, 0.15) is 0 Å². The molecule has 0 spiro atoms. The number of carbonyl (C=O) groups is 1. The molecule has 2 unspecified atom stereocenters. The number of piperidine rings is 1. The van der Waals surface area contributed by atoms with Crippen molar-refractivity contribution < 1.29 is 9.90 Å². The van der Waals surface area contributed by atoms with Crippen LogP contribution in [0.15, 0.2) is 24.3 Å². The van der Waals surface area contributed by atoms with Crippen LogP contribution in [0.1, 0.15) is 32.1 Å². The normalized spacial score (nSPS) is 25.2. The van der Waals surface area contributed by atoms with Crippen LogP contribution < -0.4 is 10.2 Å². The van der Waals surface area contributed by atoms with Gasteiger partial charge in [0.2, 0.25) is 5.91 Å². The molecule has 24 heavy (non-hydrogen) atoms. The van der Waals surface area contributed by atoms with E-state index in [0.717, 1.165) is 38.0 Å². The summed E-state index contributed by atoms with van der Waals surface area (Å²) in [5.74, 6) is -0.311. The van der Waals surface area contributed by atoms with Crippen LogP contribution in [0.4, 0.5) is 11.4 Å². The van der Waals surface area contributed by atoms with Gasteiger partial charge in [-0.1, -0.05) is 0 Å². The number of benzene rings is 1. The average molecular weight is 331 g/mol. The first kappa shape index (κ1) is 17.2. The summed E-state index contributed by atoms with van der Waals surface area (Å²) in [7, 11) is 4.30. The van der Waals surface area contributed by atoms with Crippen LogP contribution in [0.2, 0.25) is 0 Å². The first-order valence-electron chi connectivity index (χ1n) is 9.05. The third-order valence-electron chi connectivity index (χ3n) is 5.51. The molecule has 1 saturated heterocycles. The van der Waals surface area contributed by atoms with Crippen molar-refractivity contribution in [3.8, 4) is 0 Å². The molecule has 1 amide bonds. The second-order valence-corrected chi connectivity index (χ2v) is 7.32. The van der Waals surface area contributed by atoms with Crippen molar-refractivity contribution in [2.45, 2.75) is 44.2 Å². The highest BCUT2D eigenvalue weighted by molar-refractivity contribution is 5.93. The number of aliphatic hydroxyl groups excluding tert-OH is 1. The first-order chi connectivity index (χ1) is 11.5. The summed E-state index contributed by atoms with van der Waals surface area (Å²) in [5.41, 5.74) is 2.03. The second-order valence-electron chi connectivity index (χ2n) is 7.32. The molecule has 2 N–H and O–H groups in total. The number of rotatable bonds is 4. The van der Waals surface area contributed by atoms with Crippen LogP contribution in [-0.2, 0) is 4.79 Å². The molecular weight excluding hydrogens is 302 g/mol. The Morgan fingerprint density at radius 3 is 2.33 bits per heavy atom. The lowest BCUT2D eigenvalue weighted by atomic mass is 10.0. The topological polar surface area (TPSA) is 55.8 Å². The second kappa shape index (κ2) is 7.53. The van der Waals surface area contributed by atoms with E-state index >= 15 is 0 Å². The maximum Gasteiger partial charge on any atom is 0.230 e. The molecule has 3 rings (SSSR count). The molecule has 1 heterocycles. The van der Waals surface area contributed by atoms with Gasteiger partial charge in [-0.3, -0.25) is 4.79 Å². The van der Waals surface area contributed by atoms with Crippen molar-refractivity contribution in [2.24, 2.45) is 5.92 Å². The molecular formula is C19H29N3O2. The highest BCUT2D eigenvalue weighted by Crippen LogP contribution is 2.28. The maximum atomic E-state index is 12.2. The van der Waals surface area contributed by atoms with E-state index < -0.39 is 6.10 Å². The molecule has 1 aromatic carbocycles. The Kier molecular flexibility index (Phi) is 5.41. The summed E-state index contributed by atoms with van der Waals surface area (Å²) in [4.78, 5) is 16.9. The fourth-order valence-corrected chi connectivity index (χ4v) is 3.88. The van der Waals surface area contributed by atoms with Crippen LogP contribution in [0.3, 0.4) is 0 Å². The largest absolute Gasteiger partial charge is 0.392 e. The smallest absolute Gasteiger partial charge is 0.230 e. The fraction of sp³-hybridized carbons (Fsp3) is 0.632. The summed E-state index contributed by atoms with van der Waals surface area (Å²) in [6, 6.07) is 8.77. The Bertz CT molecular complexity index is 550. The van der Waals surface area contributed by atoms with Crippen LogP contribution in [0, 0.1) is 5.92 Å². The molecule has 1 aliphatic heterocycles. The predicted octanol–water partition coefficient (Wildman–Crippen LogP) is 2.32. The molecule has 132 valence electrons. The summed E-state index contributed by atoms with van der Waals surface area (Å²) in [6.07, 6.45) is 4.34. The minimum Gasteiger partial charge on any atom is -0.392 e. The minimum atomic E-state index is -0.484. The van der Waals surface area contributed by atoms with E-state index in [9.17, 15) is 9.90 Å². The van der Waals surface area contributed by atoms with E-state index in [1.165, 1.54) is 18.5 Å². The number of amides is 1. The van der Waals surface area contributed by atoms with Crippen molar-refractivity contribution in [3.05, 3.63) is 24.3 Å². The number of nitrogens with zero attached hydrogens (tertiary/aromatic N) is 2. The van der Waals surface area contributed by atoms with Crippen molar-refractivity contribution >= 4 is 17.3 Å². The van der Waals surface area contributed by atoms with Crippen molar-refractivity contribution in [1.82, 2.24) is 4.90 Å². The number of hydrogen-bond donors (Lipinski definition) is 2. The lowest BCUT2D eigenvalue weighted by molar-refractivity contribution is -0.122. The monoisotopic (exact) mass is 331 g/mol. The van der Waals surface area contributed by atoms with E-state index in [4.69, 9.17) is 0 Å². The SMILES string of the molecule is CN(C)C1CCN(c2ccc(NC(=O)C3CCCC3O)cc2)CC1. The minimum absolute atomic E-state index is 0.0560. The Hall–Kier alpha value is -1.59. The van der Waals surface area contributed by atoms with Gasteiger partial charge in [-0.05, 0) is 70.5 Å². The number of hydrogen-bond acceptors (Lipinski definition) is 4. The van der Waals surface area contributed by atoms with Crippen molar-refractivity contribution in [3.63, 3.8) is 0 Å². The van der Waals surface area contributed by atoms with Gasteiger partial charge in [0, 0.05) is 30.5 Å². The number of aliphatic hydroxyl groups is 1. The molecule has 1 aromatic rings. The van der Waals surface area contributed by atoms with Gasteiger partial charge in [0.05, 0.1) is 12.0 Å². The van der Waals surface area contributed by atoms with Gasteiger partial charge in [0.15, 0.2) is 0 Å². The molecule has 1 aliphatic carbocycles. The molecule has 2 fully saturated rings. The summed E-state index contributed by atoms with van der Waals surface area (Å²) < 4.78 is 0. The lowest BCUT2D eigenvalue weighted by Crippen LogP contribution is -2.41. The summed E-state index contributed by atoms with van der Waals surface area (Å²) >= 11 is 0. The van der Waals surface area contributed by atoms with Crippen LogP contribution >= 0.6 is 0 Å². The number of anilines is 2. The van der Waals surface area contributed by atoms with Gasteiger partial charge in [0.25, 0.3) is 0 Å². The van der Waals surface area contributed by atoms with Crippen LogP contribution in [0.25, 0.3) is 0 Å². The van der Waals surface area contributed by atoms with E-state index in [1.54, 1.807) is 0 Å². The summed E-state index contributed by atoms with van der Waals surface area (Å²) in [5, 5.41) is 12.8. The third kappa shape index (κ3) is 3.90. The quantitative estimate of drug-likeness (QED) is 0.889. The zero-order chi connectivity index (χ0) is 17.1. The Morgan fingerprint density at radius 1 is 1.12 bits per heavy atom. The molecule has 0 radical (unpaired) electrons. The van der Waals surface area contributed by atoms with E-state index in [0.29, 0.717) is 6.04 Å². The predicted molar refractivity (Wildman–Crippen MR) is 97.3 cm³/mol. The van der Waals surface area contributed by atoms with E-state index in [2.05, 4.69) is 41.3 Å². The zero-order valence-electron chi connectivity index (χ0n) is 14.7. The lowest BCUT2D eigenvalue weighted by Gasteiger charge is -2.36.